The minimum absolute atomic E-state index is 0.267. The first-order valence-corrected chi connectivity index (χ1v) is 26.1. The summed E-state index contributed by atoms with van der Waals surface area (Å²) in [6.45, 7) is 13.2. The minimum atomic E-state index is -0.303. The summed E-state index contributed by atoms with van der Waals surface area (Å²) >= 11 is 2.71. The topological polar surface area (TPSA) is 199 Å². The van der Waals surface area contributed by atoms with Crippen molar-refractivity contribution in [2.24, 2.45) is 17.8 Å². The highest BCUT2D eigenvalue weighted by Gasteiger charge is 2.19. The van der Waals surface area contributed by atoms with Crippen molar-refractivity contribution < 1.29 is 37.4 Å². The number of ether oxygens (including phenoxy) is 4. The number of nitrogens with zero attached hydrogens (tertiary/aromatic N) is 6. The van der Waals surface area contributed by atoms with Crippen LogP contribution in [0.5, 0.6) is 34.5 Å². The van der Waals surface area contributed by atoms with Gasteiger partial charge in [0.05, 0.1) is 13.2 Å². The smallest absolute Gasteiger partial charge is 0.257 e. The van der Waals surface area contributed by atoms with Crippen LogP contribution in [0.4, 0.5) is 10.3 Å². The molecule has 16 nitrogen and oxygen atoms in total. The van der Waals surface area contributed by atoms with E-state index in [4.69, 9.17) is 27.8 Å². The molecule has 4 aromatic heterocycles. The van der Waals surface area contributed by atoms with E-state index in [2.05, 4.69) is 75.3 Å². The van der Waals surface area contributed by atoms with Gasteiger partial charge in [-0.25, -0.2) is 9.97 Å². The van der Waals surface area contributed by atoms with Crippen LogP contribution < -0.4 is 29.6 Å². The predicted molar refractivity (Wildman–Crippen MR) is 282 cm³/mol. The Bertz CT molecular complexity index is 3000. The second kappa shape index (κ2) is 25.6. The monoisotopic (exact) mass is 1020 g/mol. The number of rotatable bonds is 21. The van der Waals surface area contributed by atoms with Crippen LogP contribution in [-0.4, -0.2) is 55.4 Å². The Morgan fingerprint density at radius 2 is 1.10 bits per heavy atom. The van der Waals surface area contributed by atoms with Crippen molar-refractivity contribution >= 4 is 44.8 Å². The Morgan fingerprint density at radius 3 is 1.53 bits per heavy atom. The van der Waals surface area contributed by atoms with Crippen molar-refractivity contribution in [1.29, 1.82) is 0 Å². The highest BCUT2D eigenvalue weighted by molar-refractivity contribution is 7.14. The highest BCUT2D eigenvalue weighted by atomic mass is 32.1. The van der Waals surface area contributed by atoms with Crippen molar-refractivity contribution in [2.45, 2.75) is 79.1 Å². The summed E-state index contributed by atoms with van der Waals surface area (Å²) in [4.78, 5) is 34.0. The van der Waals surface area contributed by atoms with E-state index in [1.807, 2.05) is 60.0 Å². The van der Waals surface area contributed by atoms with Crippen LogP contribution in [0, 0.1) is 17.8 Å². The third-order valence-corrected chi connectivity index (χ3v) is 12.5. The first-order chi connectivity index (χ1) is 35.5. The molecule has 1 aliphatic rings. The quantitative estimate of drug-likeness (QED) is 0.0509. The van der Waals surface area contributed by atoms with Crippen LogP contribution in [0.1, 0.15) is 98.7 Å². The van der Waals surface area contributed by atoms with E-state index >= 15 is 0 Å². The molecule has 73 heavy (non-hydrogen) atoms. The maximum Gasteiger partial charge on any atom is 0.257 e. The fourth-order valence-corrected chi connectivity index (χ4v) is 8.68. The molecule has 0 saturated heterocycles. The van der Waals surface area contributed by atoms with Gasteiger partial charge in [0.15, 0.2) is 10.3 Å². The minimum Gasteiger partial charge on any atom is -0.493 e. The van der Waals surface area contributed by atoms with Crippen LogP contribution in [0.15, 0.2) is 130 Å². The molecular weight excluding hydrogens is 965 g/mol. The summed E-state index contributed by atoms with van der Waals surface area (Å²) in [6, 6.07) is 25.1. The molecule has 1 fully saturated rings. The van der Waals surface area contributed by atoms with E-state index in [9.17, 15) is 9.59 Å². The number of hydrogen-bond donors (Lipinski definition) is 2. The molecular formula is C55H58N8O8S2. The molecule has 2 amide bonds. The van der Waals surface area contributed by atoms with Crippen molar-refractivity contribution in [2.75, 3.05) is 23.8 Å². The molecule has 0 aliphatic heterocycles. The first-order valence-electron chi connectivity index (χ1n) is 24.3. The largest absolute Gasteiger partial charge is 0.493 e. The van der Waals surface area contributed by atoms with E-state index in [0.29, 0.717) is 117 Å². The Morgan fingerprint density at radius 1 is 0.630 bits per heavy atom. The molecule has 18 heteroatoms. The molecule has 2 N–H and O–H groups in total. The maximum absolute atomic E-state index is 13.0. The number of nitrogens with one attached hydrogen (secondary N) is 2. The third-order valence-electron chi connectivity index (χ3n) is 11.2. The zero-order chi connectivity index (χ0) is 50.9. The number of anilines is 2. The molecule has 0 radical (unpaired) electrons. The predicted octanol–water partition coefficient (Wildman–Crippen LogP) is 13.8. The van der Waals surface area contributed by atoms with E-state index in [1.54, 1.807) is 54.2 Å². The van der Waals surface area contributed by atoms with Crippen molar-refractivity contribution in [3.05, 3.63) is 144 Å². The van der Waals surface area contributed by atoms with E-state index in [0.717, 1.165) is 24.0 Å². The lowest BCUT2D eigenvalue weighted by atomic mass is 9.90. The zero-order valence-electron chi connectivity index (χ0n) is 41.2. The number of amides is 2. The second-order valence-electron chi connectivity index (χ2n) is 18.2. The maximum atomic E-state index is 13.0. The molecule has 0 atom stereocenters. The lowest BCUT2D eigenvalue weighted by molar-refractivity contribution is 0.101. The van der Waals surface area contributed by atoms with Gasteiger partial charge in [0.1, 0.15) is 34.5 Å². The van der Waals surface area contributed by atoms with Crippen LogP contribution in [0.3, 0.4) is 0 Å². The Labute approximate surface area is 432 Å². The number of hydrogen-bond acceptors (Lipinski definition) is 16. The van der Waals surface area contributed by atoms with E-state index in [-0.39, 0.29) is 11.8 Å². The average molecular weight is 1020 g/mol. The van der Waals surface area contributed by atoms with Crippen molar-refractivity contribution in [3.8, 4) is 57.4 Å². The molecule has 1 aliphatic carbocycles. The van der Waals surface area contributed by atoms with E-state index in [1.165, 1.54) is 54.8 Å². The van der Waals surface area contributed by atoms with Gasteiger partial charge in [-0.15, -0.1) is 49.6 Å². The summed E-state index contributed by atoms with van der Waals surface area (Å²) in [6.07, 6.45) is 13.4. The summed E-state index contributed by atoms with van der Waals surface area (Å²) in [5.74, 6) is 6.35. The standard InChI is InChI=1S/C29H32N4O4S.C26H26N4O4S/c1-19(2)14-26-32-33-28(37-26)21-8-10-23(11-9-21)36-25-16-22(27(34)31-29-30-12-13-38-29)15-24(17-25)35-18-20-6-4-3-5-7-20;1-4-5-11-32-21-14-19(24(31)28-26-27-10-12-35-26)15-22(16-21)33-20-8-6-18(7-9-20)25-30-29-23(34-25)13-17(2)3/h8-13,15-17,19-20H,3-7,14,18H2,1-2H3,(H,30,31,34);4,6-10,12,14-17H,1,5,11,13H2,2-3H3,(H,27,28,31). The van der Waals surface area contributed by atoms with E-state index < -0.39 is 0 Å². The molecule has 9 rings (SSSR count). The molecule has 8 aromatic rings. The molecule has 4 heterocycles. The van der Waals surface area contributed by atoms with Crippen LogP contribution >= 0.6 is 22.7 Å². The molecule has 4 aromatic carbocycles. The third kappa shape index (κ3) is 15.6. The fourth-order valence-electron chi connectivity index (χ4n) is 7.63. The van der Waals surface area contributed by atoms with Gasteiger partial charge in [-0.2, -0.15) is 0 Å². The van der Waals surface area contributed by atoms with Gasteiger partial charge < -0.3 is 27.8 Å². The molecule has 0 spiro atoms. The number of carbonyl (C=O) groups is 2. The fraction of sp³-hybridized carbons (Fsp3) is 0.309. The van der Waals surface area contributed by atoms with Gasteiger partial charge >= 0.3 is 0 Å². The van der Waals surface area contributed by atoms with Crippen LogP contribution in [0.2, 0.25) is 0 Å². The summed E-state index contributed by atoms with van der Waals surface area (Å²) in [5, 5.41) is 26.8. The Hall–Kier alpha value is -7.70. The summed E-state index contributed by atoms with van der Waals surface area (Å²) in [5.41, 5.74) is 2.45. The Balaban J connectivity index is 0.000000196. The van der Waals surface area contributed by atoms with Gasteiger partial charge in [-0.3, -0.25) is 20.2 Å². The highest BCUT2D eigenvalue weighted by Crippen LogP contribution is 2.33. The number of aromatic nitrogens is 6. The summed E-state index contributed by atoms with van der Waals surface area (Å²) in [7, 11) is 0. The van der Waals surface area contributed by atoms with Crippen molar-refractivity contribution in [3.63, 3.8) is 0 Å². The zero-order valence-corrected chi connectivity index (χ0v) is 42.9. The van der Waals surface area contributed by atoms with Gasteiger partial charge in [0, 0.05) is 70.4 Å². The molecule has 0 bridgehead atoms. The van der Waals surface area contributed by atoms with Gasteiger partial charge in [0.2, 0.25) is 23.6 Å². The SMILES string of the molecule is C=CCCOc1cc(Oc2ccc(-c3nnc(CC(C)C)o3)cc2)cc(C(=O)Nc2nccs2)c1.CC(C)Cc1nnc(-c2ccc(Oc3cc(OCC4CCCCC4)cc(C(=O)Nc4nccs4)c3)cc2)o1. The van der Waals surface area contributed by atoms with Crippen molar-refractivity contribution in [1.82, 2.24) is 30.4 Å². The lowest BCUT2D eigenvalue weighted by Crippen LogP contribution is -2.16. The number of thiazole rings is 2. The number of benzene rings is 4. The average Bonchev–Trinajstić information content (AvgIpc) is 4.25. The van der Waals surface area contributed by atoms with Crippen LogP contribution in [0.25, 0.3) is 22.9 Å². The Kier molecular flexibility index (Phi) is 18.1. The van der Waals surface area contributed by atoms with Gasteiger partial charge in [-0.05, 0) is 110 Å². The number of carbonyl (C=O) groups excluding carboxylic acids is 2. The first kappa shape index (κ1) is 51.6. The normalized spacial score (nSPS) is 12.5. The molecule has 378 valence electrons. The summed E-state index contributed by atoms with van der Waals surface area (Å²) < 4.78 is 35.7. The second-order valence-corrected chi connectivity index (χ2v) is 19.9. The molecule has 1 saturated carbocycles. The van der Waals surface area contributed by atoms with Gasteiger partial charge in [-0.1, -0.05) is 53.0 Å². The molecule has 0 unspecified atom stereocenters. The van der Waals surface area contributed by atoms with Crippen LogP contribution in [-0.2, 0) is 12.8 Å². The lowest BCUT2D eigenvalue weighted by Gasteiger charge is -2.22. The van der Waals surface area contributed by atoms with Gasteiger partial charge in [0.25, 0.3) is 11.8 Å².